The van der Waals surface area contributed by atoms with Gasteiger partial charge in [0.05, 0.1) is 12.1 Å². The van der Waals surface area contributed by atoms with Gasteiger partial charge in [0, 0.05) is 43.0 Å². The highest BCUT2D eigenvalue weighted by Crippen LogP contribution is 2.24. The van der Waals surface area contributed by atoms with E-state index in [9.17, 15) is 14.4 Å². The molecule has 1 aromatic carbocycles. The van der Waals surface area contributed by atoms with E-state index < -0.39 is 0 Å². The first kappa shape index (κ1) is 22.5. The highest BCUT2D eigenvalue weighted by Gasteiger charge is 2.31. The third-order valence-corrected chi connectivity index (χ3v) is 7.24. The number of rotatable bonds is 5. The van der Waals surface area contributed by atoms with Gasteiger partial charge in [-0.25, -0.2) is 4.98 Å². The zero-order chi connectivity index (χ0) is 22.5. The van der Waals surface area contributed by atoms with Gasteiger partial charge in [0.25, 0.3) is 5.91 Å². The van der Waals surface area contributed by atoms with Crippen LogP contribution in [0.2, 0.25) is 0 Å². The van der Waals surface area contributed by atoms with E-state index in [0.29, 0.717) is 35.4 Å². The lowest BCUT2D eigenvalue weighted by molar-refractivity contribution is -0.141. The van der Waals surface area contributed by atoms with Crippen LogP contribution in [0, 0.1) is 11.8 Å². The van der Waals surface area contributed by atoms with Gasteiger partial charge in [-0.3, -0.25) is 19.7 Å². The van der Waals surface area contributed by atoms with Crippen LogP contribution >= 0.6 is 11.3 Å². The average molecular weight is 455 g/mol. The van der Waals surface area contributed by atoms with Crippen molar-refractivity contribution in [2.75, 3.05) is 31.5 Å². The largest absolute Gasteiger partial charge is 0.342 e. The molecule has 3 heterocycles. The van der Waals surface area contributed by atoms with Gasteiger partial charge in [-0.2, -0.15) is 0 Å². The molecule has 4 rings (SSSR count). The number of amides is 3. The molecule has 1 aromatic heterocycles. The molecule has 1 N–H and O–H groups in total. The maximum atomic E-state index is 12.8. The second kappa shape index (κ2) is 10.3. The summed E-state index contributed by atoms with van der Waals surface area (Å²) in [6.07, 6.45) is 3.84. The molecule has 3 amide bonds. The number of benzene rings is 1. The third kappa shape index (κ3) is 5.54. The van der Waals surface area contributed by atoms with E-state index in [1.54, 1.807) is 12.1 Å². The summed E-state index contributed by atoms with van der Waals surface area (Å²) in [6, 6.07) is 8.97. The van der Waals surface area contributed by atoms with Crippen LogP contribution in [0.4, 0.5) is 5.13 Å². The van der Waals surface area contributed by atoms with Crippen molar-refractivity contribution >= 4 is 34.2 Å². The highest BCUT2D eigenvalue weighted by molar-refractivity contribution is 7.14. The Bertz CT molecular complexity index is 945. The molecule has 0 aliphatic carbocycles. The molecular formula is C24H30N4O3S. The average Bonchev–Trinajstić information content (AvgIpc) is 3.26. The predicted octanol–water partition coefficient (Wildman–Crippen LogP) is 3.44. The molecule has 0 unspecified atom stereocenters. The van der Waals surface area contributed by atoms with E-state index in [-0.39, 0.29) is 30.1 Å². The van der Waals surface area contributed by atoms with Gasteiger partial charge in [-0.15, -0.1) is 11.3 Å². The summed E-state index contributed by atoms with van der Waals surface area (Å²) in [4.78, 5) is 46.1. The zero-order valence-electron chi connectivity index (χ0n) is 18.5. The SMILES string of the molecule is CC1CCN(C(=O)C2CCN(C(=O)Cc3csc(NC(=O)c4ccccc4)n3)CC2)CC1. The number of hydrogen-bond donors (Lipinski definition) is 1. The Morgan fingerprint density at radius 3 is 2.34 bits per heavy atom. The normalized spacial score (nSPS) is 17.9. The third-order valence-electron chi connectivity index (χ3n) is 6.43. The number of nitrogens with zero attached hydrogens (tertiary/aromatic N) is 3. The molecule has 7 nitrogen and oxygen atoms in total. The van der Waals surface area contributed by atoms with E-state index in [0.717, 1.165) is 38.8 Å². The van der Waals surface area contributed by atoms with Crippen molar-refractivity contribution < 1.29 is 14.4 Å². The first-order valence-electron chi connectivity index (χ1n) is 11.4. The molecule has 2 aliphatic rings. The minimum absolute atomic E-state index is 0.0222. The Hall–Kier alpha value is -2.74. The van der Waals surface area contributed by atoms with E-state index in [1.165, 1.54) is 11.3 Å². The molecule has 0 saturated carbocycles. The first-order valence-corrected chi connectivity index (χ1v) is 12.2. The fourth-order valence-corrected chi connectivity index (χ4v) is 5.04. The van der Waals surface area contributed by atoms with Gasteiger partial charge in [0.1, 0.15) is 0 Å². The Morgan fingerprint density at radius 1 is 1.00 bits per heavy atom. The number of thiazole rings is 1. The fourth-order valence-electron chi connectivity index (χ4n) is 4.33. The molecule has 0 bridgehead atoms. The monoisotopic (exact) mass is 454 g/mol. The number of aromatic nitrogens is 1. The summed E-state index contributed by atoms with van der Waals surface area (Å²) in [6.45, 7) is 5.20. The van der Waals surface area contributed by atoms with Crippen molar-refractivity contribution in [3.63, 3.8) is 0 Å². The number of piperidine rings is 2. The molecule has 0 radical (unpaired) electrons. The van der Waals surface area contributed by atoms with Crippen molar-refractivity contribution in [2.24, 2.45) is 11.8 Å². The van der Waals surface area contributed by atoms with Crippen LogP contribution in [0.25, 0.3) is 0 Å². The van der Waals surface area contributed by atoms with Crippen LogP contribution in [-0.4, -0.2) is 58.7 Å². The van der Waals surface area contributed by atoms with Crippen LogP contribution < -0.4 is 5.32 Å². The van der Waals surface area contributed by atoms with Crippen LogP contribution in [0.1, 0.15) is 48.7 Å². The number of carbonyl (C=O) groups is 3. The van der Waals surface area contributed by atoms with Crippen molar-refractivity contribution in [3.05, 3.63) is 47.0 Å². The van der Waals surface area contributed by atoms with Crippen LogP contribution in [0.3, 0.4) is 0 Å². The summed E-state index contributed by atoms with van der Waals surface area (Å²) >= 11 is 1.32. The smallest absolute Gasteiger partial charge is 0.257 e. The minimum atomic E-state index is -0.215. The van der Waals surface area contributed by atoms with Gasteiger partial charge < -0.3 is 9.80 Å². The summed E-state index contributed by atoms with van der Waals surface area (Å²) in [5, 5.41) is 5.08. The standard InChI is InChI=1S/C24H30N4O3S/c1-17-7-11-28(12-8-17)23(31)19-9-13-27(14-10-19)21(29)15-20-16-32-24(25-20)26-22(30)18-5-3-2-4-6-18/h2-6,16-17,19H,7-15H2,1H3,(H,25,26,30). The van der Waals surface area contributed by atoms with E-state index in [2.05, 4.69) is 17.2 Å². The number of hydrogen-bond acceptors (Lipinski definition) is 5. The summed E-state index contributed by atoms with van der Waals surface area (Å²) < 4.78 is 0. The Morgan fingerprint density at radius 2 is 1.66 bits per heavy atom. The molecule has 2 fully saturated rings. The molecule has 2 aliphatic heterocycles. The van der Waals surface area contributed by atoms with Gasteiger partial charge in [-0.1, -0.05) is 25.1 Å². The lowest BCUT2D eigenvalue weighted by Gasteiger charge is -2.36. The molecule has 32 heavy (non-hydrogen) atoms. The second-order valence-corrected chi connectivity index (χ2v) is 9.66. The molecule has 170 valence electrons. The van der Waals surface area contributed by atoms with Crippen LogP contribution in [-0.2, 0) is 16.0 Å². The van der Waals surface area contributed by atoms with Gasteiger partial charge in [0.2, 0.25) is 11.8 Å². The maximum absolute atomic E-state index is 12.8. The molecular weight excluding hydrogens is 424 g/mol. The number of carbonyl (C=O) groups excluding carboxylic acids is 3. The first-order chi connectivity index (χ1) is 15.5. The predicted molar refractivity (Wildman–Crippen MR) is 124 cm³/mol. The van der Waals surface area contributed by atoms with Crippen LogP contribution in [0.5, 0.6) is 0 Å². The molecule has 0 spiro atoms. The van der Waals surface area contributed by atoms with E-state index in [1.807, 2.05) is 33.4 Å². The highest BCUT2D eigenvalue weighted by atomic mass is 32.1. The molecule has 8 heteroatoms. The van der Waals surface area contributed by atoms with E-state index >= 15 is 0 Å². The lowest BCUT2D eigenvalue weighted by atomic mass is 9.92. The second-order valence-electron chi connectivity index (χ2n) is 8.80. The van der Waals surface area contributed by atoms with Crippen LogP contribution in [0.15, 0.2) is 35.7 Å². The molecule has 2 saturated heterocycles. The summed E-state index contributed by atoms with van der Waals surface area (Å²) in [7, 11) is 0. The number of likely N-dealkylation sites (tertiary alicyclic amines) is 2. The van der Waals surface area contributed by atoms with Crippen molar-refractivity contribution in [1.82, 2.24) is 14.8 Å². The lowest BCUT2D eigenvalue weighted by Crippen LogP contribution is -2.46. The van der Waals surface area contributed by atoms with E-state index in [4.69, 9.17) is 0 Å². The maximum Gasteiger partial charge on any atom is 0.257 e. The Labute approximate surface area is 192 Å². The topological polar surface area (TPSA) is 82.6 Å². The number of nitrogens with one attached hydrogen (secondary N) is 1. The van der Waals surface area contributed by atoms with Gasteiger partial charge >= 0.3 is 0 Å². The zero-order valence-corrected chi connectivity index (χ0v) is 19.3. The fraction of sp³-hybridized carbons (Fsp3) is 0.500. The van der Waals surface area contributed by atoms with Gasteiger partial charge in [0.15, 0.2) is 5.13 Å². The molecule has 0 atom stereocenters. The summed E-state index contributed by atoms with van der Waals surface area (Å²) in [5.41, 5.74) is 1.22. The summed E-state index contributed by atoms with van der Waals surface area (Å²) in [5.74, 6) is 0.812. The van der Waals surface area contributed by atoms with Crippen molar-refractivity contribution in [2.45, 2.75) is 39.0 Å². The van der Waals surface area contributed by atoms with Crippen molar-refractivity contribution in [3.8, 4) is 0 Å². The Kier molecular flexibility index (Phi) is 7.19. The Balaban J connectivity index is 1.24. The minimum Gasteiger partial charge on any atom is -0.342 e. The quantitative estimate of drug-likeness (QED) is 0.750. The van der Waals surface area contributed by atoms with Crippen molar-refractivity contribution in [1.29, 1.82) is 0 Å². The molecule has 2 aromatic rings. The van der Waals surface area contributed by atoms with Gasteiger partial charge in [-0.05, 0) is 43.7 Å². The number of anilines is 1.